The molecule has 5 nitrogen and oxygen atoms in total. The van der Waals surface area contributed by atoms with Crippen molar-refractivity contribution >= 4 is 11.7 Å². The fourth-order valence-corrected chi connectivity index (χ4v) is 3.76. The molecule has 0 aliphatic carbocycles. The Labute approximate surface area is 147 Å². The Bertz CT molecular complexity index is 761. The van der Waals surface area contributed by atoms with Crippen LogP contribution in [0.25, 0.3) is 5.57 Å². The van der Waals surface area contributed by atoms with Crippen LogP contribution >= 0.6 is 0 Å². The lowest BCUT2D eigenvalue weighted by atomic mass is 9.84. The maximum Gasteiger partial charge on any atom is 0.410 e. The first-order valence-electron chi connectivity index (χ1n) is 8.77. The van der Waals surface area contributed by atoms with Crippen LogP contribution < -0.4 is 0 Å². The molecule has 0 radical (unpaired) electrons. The van der Waals surface area contributed by atoms with E-state index in [1.54, 1.807) is 18.6 Å². The molecule has 2 bridgehead atoms. The molecule has 2 aliphatic rings. The second-order valence-corrected chi connectivity index (χ2v) is 6.59. The highest BCUT2D eigenvalue weighted by atomic mass is 16.6. The molecule has 4 rings (SSSR count). The average Bonchev–Trinajstić information content (AvgIpc) is 2.66. The zero-order chi connectivity index (χ0) is 17.1. The van der Waals surface area contributed by atoms with Gasteiger partial charge in [-0.25, -0.2) is 4.79 Å². The van der Waals surface area contributed by atoms with Crippen molar-refractivity contribution in [2.24, 2.45) is 0 Å². The van der Waals surface area contributed by atoms with Crippen LogP contribution in [0.2, 0.25) is 0 Å². The molecule has 0 N–H and O–H groups in total. The Morgan fingerprint density at radius 1 is 1.20 bits per heavy atom. The van der Waals surface area contributed by atoms with E-state index in [9.17, 15) is 4.79 Å². The number of benzene rings is 1. The molecule has 0 spiro atoms. The quantitative estimate of drug-likeness (QED) is 0.855. The number of hydrogen-bond donors (Lipinski definition) is 0. The van der Waals surface area contributed by atoms with Crippen molar-refractivity contribution in [1.29, 1.82) is 0 Å². The molecule has 128 valence electrons. The van der Waals surface area contributed by atoms with Gasteiger partial charge < -0.3 is 4.74 Å². The van der Waals surface area contributed by atoms with Crippen molar-refractivity contribution in [2.45, 2.75) is 44.4 Å². The number of piperidine rings is 1. The number of hydrogen-bond acceptors (Lipinski definition) is 4. The number of carbonyl (C=O) groups excluding carboxylic acids is 1. The summed E-state index contributed by atoms with van der Waals surface area (Å²) >= 11 is 0. The van der Waals surface area contributed by atoms with E-state index < -0.39 is 0 Å². The molecule has 2 aromatic rings. The number of fused-ring (bicyclic) bond motifs is 2. The Morgan fingerprint density at radius 3 is 2.84 bits per heavy atom. The summed E-state index contributed by atoms with van der Waals surface area (Å²) in [6.07, 6.45) is 11.1. The van der Waals surface area contributed by atoms with Crippen LogP contribution in [0, 0.1) is 0 Å². The van der Waals surface area contributed by atoms with Gasteiger partial charge in [0.05, 0.1) is 17.9 Å². The van der Waals surface area contributed by atoms with Crippen LogP contribution in [0.1, 0.15) is 36.9 Å². The molecule has 0 saturated carbocycles. The topological polar surface area (TPSA) is 55.3 Å². The summed E-state index contributed by atoms with van der Waals surface area (Å²) in [5, 5.41) is 0. The van der Waals surface area contributed by atoms with Gasteiger partial charge in [0, 0.05) is 18.4 Å². The highest BCUT2D eigenvalue weighted by Crippen LogP contribution is 2.36. The van der Waals surface area contributed by atoms with E-state index in [1.807, 2.05) is 35.2 Å². The number of rotatable bonds is 3. The third kappa shape index (κ3) is 3.40. The second-order valence-electron chi connectivity index (χ2n) is 6.59. The summed E-state index contributed by atoms with van der Waals surface area (Å²) in [6, 6.07) is 10.1. The van der Waals surface area contributed by atoms with E-state index >= 15 is 0 Å². The Kier molecular flexibility index (Phi) is 4.46. The minimum atomic E-state index is -0.215. The van der Waals surface area contributed by atoms with Gasteiger partial charge in [0.15, 0.2) is 0 Å². The predicted octanol–water partition coefficient (Wildman–Crippen LogP) is 3.82. The van der Waals surface area contributed by atoms with Gasteiger partial charge in [0.25, 0.3) is 0 Å². The molecule has 1 aromatic heterocycles. The van der Waals surface area contributed by atoms with Crippen LogP contribution in [0.3, 0.4) is 0 Å². The first-order valence-corrected chi connectivity index (χ1v) is 8.77. The lowest BCUT2D eigenvalue weighted by Gasteiger charge is -2.44. The van der Waals surface area contributed by atoms with Gasteiger partial charge in [-0.1, -0.05) is 36.4 Å². The summed E-state index contributed by atoms with van der Waals surface area (Å²) in [5.74, 6) is 0. The molecule has 5 heteroatoms. The van der Waals surface area contributed by atoms with Crippen molar-refractivity contribution in [3.8, 4) is 0 Å². The molecule has 1 saturated heterocycles. The maximum absolute atomic E-state index is 12.7. The zero-order valence-corrected chi connectivity index (χ0v) is 14.0. The monoisotopic (exact) mass is 335 g/mol. The molecule has 25 heavy (non-hydrogen) atoms. The van der Waals surface area contributed by atoms with E-state index in [-0.39, 0.29) is 18.2 Å². The summed E-state index contributed by atoms with van der Waals surface area (Å²) in [4.78, 5) is 23.2. The minimum absolute atomic E-state index is 0.0905. The van der Waals surface area contributed by atoms with E-state index in [1.165, 1.54) is 5.57 Å². The predicted molar refractivity (Wildman–Crippen MR) is 94.5 cm³/mol. The SMILES string of the molecule is O=C(OCc1ccccc1)N1C2C=C(c3cnccn3)CC1CCC2. The standard InChI is InChI=1S/C20H21N3O2/c24-20(25-14-15-5-2-1-3-6-15)23-17-7-4-8-18(23)12-16(11-17)19-13-21-9-10-22-19/h1-3,5-6,9-11,13,17-18H,4,7-8,12,14H2. The Morgan fingerprint density at radius 2 is 2.08 bits per heavy atom. The van der Waals surface area contributed by atoms with Crippen molar-refractivity contribution < 1.29 is 9.53 Å². The summed E-state index contributed by atoms with van der Waals surface area (Å²) in [5.41, 5.74) is 3.11. The van der Waals surface area contributed by atoms with Crippen molar-refractivity contribution in [1.82, 2.24) is 14.9 Å². The zero-order valence-electron chi connectivity index (χ0n) is 14.0. The van der Waals surface area contributed by atoms with E-state index in [0.717, 1.165) is 36.9 Å². The average molecular weight is 335 g/mol. The number of carbonyl (C=O) groups is 1. The summed E-state index contributed by atoms with van der Waals surface area (Å²) in [7, 11) is 0. The highest BCUT2D eigenvalue weighted by molar-refractivity contribution is 5.73. The molecule has 1 amide bonds. The van der Waals surface area contributed by atoms with E-state index in [2.05, 4.69) is 16.0 Å². The molecular formula is C20H21N3O2. The molecular weight excluding hydrogens is 314 g/mol. The molecule has 3 heterocycles. The molecule has 2 atom stereocenters. The number of nitrogens with zero attached hydrogens (tertiary/aromatic N) is 3. The fraction of sp³-hybridized carbons (Fsp3) is 0.350. The number of amides is 1. The van der Waals surface area contributed by atoms with Crippen molar-refractivity contribution in [3.63, 3.8) is 0 Å². The minimum Gasteiger partial charge on any atom is -0.445 e. The molecule has 1 aromatic carbocycles. The van der Waals surface area contributed by atoms with Crippen LogP contribution in [0.5, 0.6) is 0 Å². The maximum atomic E-state index is 12.7. The van der Waals surface area contributed by atoms with Gasteiger partial charge in [0.2, 0.25) is 0 Å². The van der Waals surface area contributed by atoms with Gasteiger partial charge in [0.1, 0.15) is 6.61 Å². The lowest BCUT2D eigenvalue weighted by molar-refractivity contribution is 0.0510. The third-order valence-electron chi connectivity index (χ3n) is 4.95. The van der Waals surface area contributed by atoms with Crippen LogP contribution in [-0.2, 0) is 11.3 Å². The first-order chi connectivity index (χ1) is 12.3. The smallest absolute Gasteiger partial charge is 0.410 e. The highest BCUT2D eigenvalue weighted by Gasteiger charge is 2.38. The van der Waals surface area contributed by atoms with Crippen molar-refractivity contribution in [2.75, 3.05) is 0 Å². The Balaban J connectivity index is 1.49. The van der Waals surface area contributed by atoms with Crippen molar-refractivity contribution in [3.05, 3.63) is 66.3 Å². The molecule has 1 fully saturated rings. The fourth-order valence-electron chi connectivity index (χ4n) is 3.76. The second kappa shape index (κ2) is 7.05. The van der Waals surface area contributed by atoms with Gasteiger partial charge in [-0.3, -0.25) is 14.9 Å². The van der Waals surface area contributed by atoms with E-state index in [4.69, 9.17) is 4.74 Å². The largest absolute Gasteiger partial charge is 0.445 e. The van der Waals surface area contributed by atoms with E-state index in [0.29, 0.717) is 6.61 Å². The molecule has 2 unspecified atom stereocenters. The van der Waals surface area contributed by atoms with Crippen LogP contribution in [0.15, 0.2) is 55.0 Å². The van der Waals surface area contributed by atoms with Crippen LogP contribution in [0.4, 0.5) is 4.79 Å². The Hall–Kier alpha value is -2.69. The van der Waals surface area contributed by atoms with Gasteiger partial charge in [-0.15, -0.1) is 0 Å². The lowest BCUT2D eigenvalue weighted by Crippen LogP contribution is -2.51. The van der Waals surface area contributed by atoms with Gasteiger partial charge in [-0.2, -0.15) is 0 Å². The summed E-state index contributed by atoms with van der Waals surface area (Å²) in [6.45, 7) is 0.316. The van der Waals surface area contributed by atoms with Gasteiger partial charge >= 0.3 is 6.09 Å². The third-order valence-corrected chi connectivity index (χ3v) is 4.95. The number of aromatic nitrogens is 2. The first kappa shape index (κ1) is 15.8. The molecule has 2 aliphatic heterocycles. The number of ether oxygens (including phenoxy) is 1. The van der Waals surface area contributed by atoms with Gasteiger partial charge in [-0.05, 0) is 36.8 Å². The van der Waals surface area contributed by atoms with Crippen LogP contribution in [-0.4, -0.2) is 33.0 Å². The summed E-state index contributed by atoms with van der Waals surface area (Å²) < 4.78 is 5.57. The normalized spacial score (nSPS) is 22.2.